The molecule has 1 N–H and O–H groups in total. The van der Waals surface area contributed by atoms with Gasteiger partial charge in [0.05, 0.1) is 26.7 Å². The predicted molar refractivity (Wildman–Crippen MR) is 79.6 cm³/mol. The van der Waals surface area contributed by atoms with Gasteiger partial charge >= 0.3 is 5.97 Å². The Labute approximate surface area is 129 Å². The number of hydrogen-bond donors (Lipinski definition) is 1. The predicted octanol–water partition coefficient (Wildman–Crippen LogP) is 0.932. The van der Waals surface area contributed by atoms with Gasteiger partial charge in [-0.15, -0.1) is 0 Å². The Hall–Kier alpha value is -2.08. The number of amides is 1. The Morgan fingerprint density at radius 2 is 2.14 bits per heavy atom. The van der Waals surface area contributed by atoms with Crippen LogP contribution in [-0.4, -0.2) is 45.4 Å². The summed E-state index contributed by atoms with van der Waals surface area (Å²) in [6.07, 6.45) is 0.990. The van der Waals surface area contributed by atoms with Gasteiger partial charge in [0.1, 0.15) is 11.8 Å². The molecule has 1 fully saturated rings. The maximum Gasteiger partial charge on any atom is 0.328 e. The molecule has 1 amide bonds. The van der Waals surface area contributed by atoms with Gasteiger partial charge in [0.2, 0.25) is 5.91 Å². The fourth-order valence-corrected chi connectivity index (χ4v) is 2.46. The van der Waals surface area contributed by atoms with Gasteiger partial charge in [0.15, 0.2) is 0 Å². The van der Waals surface area contributed by atoms with Crippen molar-refractivity contribution in [3.8, 4) is 5.75 Å². The molecule has 1 heterocycles. The van der Waals surface area contributed by atoms with Crippen LogP contribution in [0.2, 0.25) is 0 Å². The quantitative estimate of drug-likeness (QED) is 0.792. The van der Waals surface area contributed by atoms with Crippen molar-refractivity contribution < 1.29 is 23.8 Å². The first kappa shape index (κ1) is 16.3. The van der Waals surface area contributed by atoms with E-state index in [1.807, 2.05) is 24.3 Å². The molecule has 6 heteroatoms. The zero-order valence-electron chi connectivity index (χ0n) is 12.8. The summed E-state index contributed by atoms with van der Waals surface area (Å²) in [7, 11) is 2.88. The van der Waals surface area contributed by atoms with Crippen molar-refractivity contribution in [1.82, 2.24) is 5.32 Å². The van der Waals surface area contributed by atoms with E-state index in [9.17, 15) is 9.59 Å². The van der Waals surface area contributed by atoms with Crippen molar-refractivity contribution in [1.29, 1.82) is 0 Å². The Balaban J connectivity index is 2.08. The van der Waals surface area contributed by atoms with Gasteiger partial charge in [-0.25, -0.2) is 4.79 Å². The molecule has 0 unspecified atom stereocenters. The van der Waals surface area contributed by atoms with Crippen LogP contribution in [0.5, 0.6) is 5.75 Å². The number of ether oxygens (including phenoxy) is 3. The zero-order chi connectivity index (χ0) is 15.9. The molecule has 2 rings (SSSR count). The van der Waals surface area contributed by atoms with Gasteiger partial charge in [-0.05, 0) is 18.1 Å². The average Bonchev–Trinajstić information content (AvgIpc) is 3.08. The molecule has 0 spiro atoms. The molecule has 120 valence electrons. The normalized spacial score (nSPS) is 18.5. The second-order valence-corrected chi connectivity index (χ2v) is 5.16. The van der Waals surface area contributed by atoms with Crippen LogP contribution in [0.4, 0.5) is 0 Å². The molecule has 0 saturated carbocycles. The summed E-state index contributed by atoms with van der Waals surface area (Å²) in [6, 6.07) is 6.65. The summed E-state index contributed by atoms with van der Waals surface area (Å²) in [5, 5.41) is 2.76. The molecule has 1 saturated heterocycles. The fourth-order valence-electron chi connectivity index (χ4n) is 2.46. The molecule has 2 atom stereocenters. The van der Waals surface area contributed by atoms with Gasteiger partial charge in [-0.2, -0.15) is 0 Å². The van der Waals surface area contributed by atoms with E-state index in [1.54, 1.807) is 7.11 Å². The molecule has 1 aliphatic heterocycles. The number of nitrogens with one attached hydrogen (secondary N) is 1. The zero-order valence-corrected chi connectivity index (χ0v) is 12.8. The van der Waals surface area contributed by atoms with Crippen LogP contribution in [0, 0.1) is 5.92 Å². The van der Waals surface area contributed by atoms with E-state index in [4.69, 9.17) is 14.2 Å². The summed E-state index contributed by atoms with van der Waals surface area (Å²) >= 11 is 0. The molecule has 0 aromatic heterocycles. The van der Waals surface area contributed by atoms with Gasteiger partial charge in [0, 0.05) is 13.0 Å². The molecule has 0 radical (unpaired) electrons. The first-order chi connectivity index (χ1) is 10.7. The highest BCUT2D eigenvalue weighted by atomic mass is 16.5. The number of para-hydroxylation sites is 1. The van der Waals surface area contributed by atoms with E-state index in [0.29, 0.717) is 31.8 Å². The third-order valence-corrected chi connectivity index (χ3v) is 3.72. The second kappa shape index (κ2) is 7.79. The van der Waals surface area contributed by atoms with Crippen LogP contribution in [0.3, 0.4) is 0 Å². The molecule has 1 aliphatic rings. The average molecular weight is 307 g/mol. The number of rotatable bonds is 6. The number of carbonyl (C=O) groups excluding carboxylic acids is 2. The largest absolute Gasteiger partial charge is 0.496 e. The fraction of sp³-hybridized carbons (Fsp3) is 0.500. The summed E-state index contributed by atoms with van der Waals surface area (Å²) in [5.41, 5.74) is 0.836. The van der Waals surface area contributed by atoms with Crippen LogP contribution in [0.1, 0.15) is 12.0 Å². The maximum absolute atomic E-state index is 12.2. The minimum atomic E-state index is -0.741. The first-order valence-corrected chi connectivity index (χ1v) is 7.23. The molecule has 0 bridgehead atoms. The topological polar surface area (TPSA) is 73.9 Å². The Bertz CT molecular complexity index is 525. The summed E-state index contributed by atoms with van der Waals surface area (Å²) < 4.78 is 15.3. The SMILES string of the molecule is COC(=O)[C@@H](Cc1ccccc1OC)NC(=O)[C@H]1CCOC1. The highest BCUT2D eigenvalue weighted by Crippen LogP contribution is 2.20. The number of methoxy groups -OCH3 is 2. The number of carbonyl (C=O) groups is 2. The van der Waals surface area contributed by atoms with E-state index < -0.39 is 12.0 Å². The highest BCUT2D eigenvalue weighted by molar-refractivity contribution is 5.86. The highest BCUT2D eigenvalue weighted by Gasteiger charge is 2.29. The molecule has 6 nitrogen and oxygen atoms in total. The van der Waals surface area contributed by atoms with Gasteiger partial charge in [0.25, 0.3) is 0 Å². The van der Waals surface area contributed by atoms with Crippen LogP contribution < -0.4 is 10.1 Å². The second-order valence-electron chi connectivity index (χ2n) is 5.16. The Kier molecular flexibility index (Phi) is 5.77. The summed E-state index contributed by atoms with van der Waals surface area (Å²) in [5.74, 6) is -0.180. The lowest BCUT2D eigenvalue weighted by Crippen LogP contribution is -2.45. The molecular weight excluding hydrogens is 286 g/mol. The van der Waals surface area contributed by atoms with Gasteiger partial charge in [-0.3, -0.25) is 4.79 Å². The molecular formula is C16H21NO5. The monoisotopic (exact) mass is 307 g/mol. The van der Waals surface area contributed by atoms with Crippen molar-refractivity contribution in [3.63, 3.8) is 0 Å². The smallest absolute Gasteiger partial charge is 0.328 e. The molecule has 1 aromatic carbocycles. The summed E-state index contributed by atoms with van der Waals surface area (Å²) in [4.78, 5) is 24.1. The lowest BCUT2D eigenvalue weighted by molar-refractivity contribution is -0.145. The van der Waals surface area contributed by atoms with Crippen molar-refractivity contribution in [2.45, 2.75) is 18.9 Å². The van der Waals surface area contributed by atoms with Gasteiger partial charge < -0.3 is 19.5 Å². The lowest BCUT2D eigenvalue weighted by atomic mass is 10.0. The van der Waals surface area contributed by atoms with Gasteiger partial charge in [-0.1, -0.05) is 18.2 Å². The third kappa shape index (κ3) is 3.98. The Morgan fingerprint density at radius 3 is 2.77 bits per heavy atom. The van der Waals surface area contributed by atoms with E-state index >= 15 is 0 Å². The summed E-state index contributed by atoms with van der Waals surface area (Å²) in [6.45, 7) is 0.974. The van der Waals surface area contributed by atoms with Crippen molar-refractivity contribution in [2.24, 2.45) is 5.92 Å². The van der Waals surface area contributed by atoms with Crippen molar-refractivity contribution in [2.75, 3.05) is 27.4 Å². The third-order valence-electron chi connectivity index (χ3n) is 3.72. The molecule has 22 heavy (non-hydrogen) atoms. The number of hydrogen-bond acceptors (Lipinski definition) is 5. The van der Waals surface area contributed by atoms with Crippen LogP contribution >= 0.6 is 0 Å². The first-order valence-electron chi connectivity index (χ1n) is 7.23. The number of benzene rings is 1. The van der Waals surface area contributed by atoms with E-state index in [0.717, 1.165) is 5.56 Å². The van der Waals surface area contributed by atoms with Crippen LogP contribution in [-0.2, 0) is 25.5 Å². The van der Waals surface area contributed by atoms with E-state index in [2.05, 4.69) is 5.32 Å². The van der Waals surface area contributed by atoms with E-state index in [1.165, 1.54) is 7.11 Å². The lowest BCUT2D eigenvalue weighted by Gasteiger charge is -2.19. The minimum Gasteiger partial charge on any atom is -0.496 e. The minimum absolute atomic E-state index is 0.178. The number of esters is 1. The standard InChI is InChI=1S/C16H21NO5/c1-20-14-6-4-3-5-11(14)9-13(16(19)21-2)17-15(18)12-7-8-22-10-12/h3-6,12-13H,7-10H2,1-2H3,(H,17,18)/t12-,13+/m0/s1. The van der Waals surface area contributed by atoms with Crippen molar-refractivity contribution in [3.05, 3.63) is 29.8 Å². The van der Waals surface area contributed by atoms with Crippen molar-refractivity contribution >= 4 is 11.9 Å². The maximum atomic E-state index is 12.2. The Morgan fingerprint density at radius 1 is 1.36 bits per heavy atom. The molecule has 0 aliphatic carbocycles. The molecule has 1 aromatic rings. The van der Waals surface area contributed by atoms with E-state index in [-0.39, 0.29) is 11.8 Å². The van der Waals surface area contributed by atoms with Crippen LogP contribution in [0.25, 0.3) is 0 Å². The van der Waals surface area contributed by atoms with Crippen LogP contribution in [0.15, 0.2) is 24.3 Å².